The SMILES string of the molecule is CC(CBr)(NC(=O)C1CC2CC2C1)c1ccccc1. The molecule has 2 fully saturated rings. The summed E-state index contributed by atoms with van der Waals surface area (Å²) in [6.45, 7) is 2.09. The predicted molar refractivity (Wildman–Crippen MR) is 80.1 cm³/mol. The van der Waals surface area contributed by atoms with Crippen molar-refractivity contribution in [3.8, 4) is 0 Å². The lowest BCUT2D eigenvalue weighted by atomic mass is 9.92. The van der Waals surface area contributed by atoms with Crippen molar-refractivity contribution in [2.24, 2.45) is 17.8 Å². The Labute approximate surface area is 123 Å². The van der Waals surface area contributed by atoms with Crippen LogP contribution in [0.4, 0.5) is 0 Å². The lowest BCUT2D eigenvalue weighted by molar-refractivity contribution is -0.126. The number of nitrogens with one attached hydrogen (secondary N) is 1. The van der Waals surface area contributed by atoms with E-state index in [1.807, 2.05) is 18.2 Å². The molecule has 0 saturated heterocycles. The first-order valence-electron chi connectivity index (χ1n) is 7.06. The lowest BCUT2D eigenvalue weighted by Gasteiger charge is -2.31. The van der Waals surface area contributed by atoms with Gasteiger partial charge in [0.2, 0.25) is 5.91 Å². The molecule has 0 aromatic heterocycles. The molecule has 0 bridgehead atoms. The molecule has 3 atom stereocenters. The Morgan fingerprint density at radius 3 is 2.47 bits per heavy atom. The zero-order chi connectivity index (χ0) is 13.5. The molecule has 2 saturated carbocycles. The van der Waals surface area contributed by atoms with Crippen LogP contribution in [0, 0.1) is 17.8 Å². The normalized spacial score (nSPS) is 31.4. The van der Waals surface area contributed by atoms with Gasteiger partial charge in [-0.1, -0.05) is 46.3 Å². The Morgan fingerprint density at radius 1 is 1.26 bits per heavy atom. The van der Waals surface area contributed by atoms with Crippen LogP contribution >= 0.6 is 15.9 Å². The van der Waals surface area contributed by atoms with Crippen molar-refractivity contribution in [3.63, 3.8) is 0 Å². The van der Waals surface area contributed by atoms with Gasteiger partial charge in [0.25, 0.3) is 0 Å². The van der Waals surface area contributed by atoms with Crippen LogP contribution in [0.1, 0.15) is 31.7 Å². The maximum Gasteiger partial charge on any atom is 0.223 e. The Hall–Kier alpha value is -0.830. The highest BCUT2D eigenvalue weighted by molar-refractivity contribution is 9.09. The molecular formula is C16H20BrNO. The van der Waals surface area contributed by atoms with Crippen molar-refractivity contribution >= 4 is 21.8 Å². The average Bonchev–Trinajstić information content (AvgIpc) is 3.06. The van der Waals surface area contributed by atoms with E-state index < -0.39 is 0 Å². The molecule has 102 valence electrons. The molecule has 3 unspecified atom stereocenters. The summed E-state index contributed by atoms with van der Waals surface area (Å²) < 4.78 is 0. The van der Waals surface area contributed by atoms with Gasteiger partial charge in [-0.2, -0.15) is 0 Å². The van der Waals surface area contributed by atoms with Gasteiger partial charge in [0.05, 0.1) is 5.54 Å². The van der Waals surface area contributed by atoms with Crippen molar-refractivity contribution in [3.05, 3.63) is 35.9 Å². The molecule has 0 spiro atoms. The maximum atomic E-state index is 12.4. The number of carbonyl (C=O) groups is 1. The standard InChI is InChI=1S/C16H20BrNO/c1-16(10-17,14-5-3-2-4-6-14)18-15(19)13-8-11-7-12(11)9-13/h2-6,11-13H,7-10H2,1H3,(H,18,19). The lowest BCUT2D eigenvalue weighted by Crippen LogP contribution is -2.47. The number of hydrogen-bond donors (Lipinski definition) is 1. The first kappa shape index (κ1) is 13.2. The minimum Gasteiger partial charge on any atom is -0.346 e. The minimum absolute atomic E-state index is 0.234. The number of benzene rings is 1. The second-order valence-corrected chi connectivity index (χ2v) is 6.81. The van der Waals surface area contributed by atoms with Crippen LogP contribution in [-0.4, -0.2) is 11.2 Å². The van der Waals surface area contributed by atoms with E-state index in [4.69, 9.17) is 0 Å². The van der Waals surface area contributed by atoms with Gasteiger partial charge in [-0.25, -0.2) is 0 Å². The molecule has 3 rings (SSSR count). The van der Waals surface area contributed by atoms with Crippen LogP contribution < -0.4 is 5.32 Å². The van der Waals surface area contributed by atoms with E-state index in [1.165, 1.54) is 6.42 Å². The molecule has 0 radical (unpaired) electrons. The molecule has 1 aromatic carbocycles. The molecule has 0 aliphatic heterocycles. The summed E-state index contributed by atoms with van der Waals surface area (Å²) in [5.74, 6) is 2.18. The molecule has 2 aliphatic carbocycles. The third kappa shape index (κ3) is 2.58. The number of rotatable bonds is 4. The van der Waals surface area contributed by atoms with Gasteiger partial charge in [0, 0.05) is 11.2 Å². The molecule has 1 aromatic rings. The van der Waals surface area contributed by atoms with Crippen LogP contribution in [0.15, 0.2) is 30.3 Å². The van der Waals surface area contributed by atoms with E-state index in [0.29, 0.717) is 0 Å². The second kappa shape index (κ2) is 4.93. The monoisotopic (exact) mass is 321 g/mol. The van der Waals surface area contributed by atoms with Gasteiger partial charge >= 0.3 is 0 Å². The van der Waals surface area contributed by atoms with Crippen molar-refractivity contribution in [1.82, 2.24) is 5.32 Å². The van der Waals surface area contributed by atoms with E-state index >= 15 is 0 Å². The highest BCUT2D eigenvalue weighted by Crippen LogP contribution is 2.54. The summed E-state index contributed by atoms with van der Waals surface area (Å²) in [5.41, 5.74) is 0.842. The fraction of sp³-hybridized carbons (Fsp3) is 0.562. The zero-order valence-electron chi connectivity index (χ0n) is 11.2. The van der Waals surface area contributed by atoms with Crippen LogP contribution in [0.2, 0.25) is 0 Å². The van der Waals surface area contributed by atoms with E-state index in [2.05, 4.69) is 40.3 Å². The van der Waals surface area contributed by atoms with E-state index in [1.54, 1.807) is 0 Å². The van der Waals surface area contributed by atoms with Gasteiger partial charge in [-0.3, -0.25) is 4.79 Å². The zero-order valence-corrected chi connectivity index (χ0v) is 12.8. The number of carbonyl (C=O) groups excluding carboxylic acids is 1. The van der Waals surface area contributed by atoms with Gasteiger partial charge in [-0.15, -0.1) is 0 Å². The smallest absolute Gasteiger partial charge is 0.223 e. The van der Waals surface area contributed by atoms with Gasteiger partial charge < -0.3 is 5.32 Å². The summed E-state index contributed by atoms with van der Waals surface area (Å²) in [4.78, 5) is 12.4. The molecule has 3 heteroatoms. The Bertz CT molecular complexity index is 465. The van der Waals surface area contributed by atoms with Crippen molar-refractivity contribution < 1.29 is 4.79 Å². The Morgan fingerprint density at radius 2 is 1.89 bits per heavy atom. The predicted octanol–water partition coefficient (Wildman–Crippen LogP) is 3.46. The first-order chi connectivity index (χ1) is 9.12. The van der Waals surface area contributed by atoms with Crippen LogP contribution in [0.25, 0.3) is 0 Å². The highest BCUT2D eigenvalue weighted by Gasteiger charge is 2.48. The van der Waals surface area contributed by atoms with Gasteiger partial charge in [0.15, 0.2) is 0 Å². The molecule has 1 N–H and O–H groups in total. The van der Waals surface area contributed by atoms with Crippen LogP contribution in [0.3, 0.4) is 0 Å². The largest absolute Gasteiger partial charge is 0.346 e. The number of hydrogen-bond acceptors (Lipinski definition) is 1. The van der Waals surface area contributed by atoms with E-state index in [-0.39, 0.29) is 17.4 Å². The highest BCUT2D eigenvalue weighted by atomic mass is 79.9. The van der Waals surface area contributed by atoms with Gasteiger partial charge in [0.1, 0.15) is 0 Å². The van der Waals surface area contributed by atoms with E-state index in [9.17, 15) is 4.79 Å². The number of halogens is 1. The van der Waals surface area contributed by atoms with Gasteiger partial charge in [-0.05, 0) is 43.6 Å². The molecule has 2 nitrogen and oxygen atoms in total. The summed E-state index contributed by atoms with van der Waals surface area (Å²) in [6.07, 6.45) is 3.56. The van der Waals surface area contributed by atoms with Crippen molar-refractivity contribution in [2.45, 2.75) is 31.7 Å². The summed E-state index contributed by atoms with van der Waals surface area (Å²) in [7, 11) is 0. The van der Waals surface area contributed by atoms with Crippen LogP contribution in [0.5, 0.6) is 0 Å². The third-order valence-corrected chi connectivity index (χ3v) is 5.81. The molecule has 19 heavy (non-hydrogen) atoms. The van der Waals surface area contributed by atoms with Crippen LogP contribution in [-0.2, 0) is 10.3 Å². The first-order valence-corrected chi connectivity index (χ1v) is 8.18. The fourth-order valence-electron chi connectivity index (χ4n) is 3.29. The average molecular weight is 322 g/mol. The quantitative estimate of drug-likeness (QED) is 0.845. The summed E-state index contributed by atoms with van der Waals surface area (Å²) >= 11 is 3.55. The third-order valence-electron chi connectivity index (χ3n) is 4.69. The topological polar surface area (TPSA) is 29.1 Å². The molecular weight excluding hydrogens is 302 g/mol. The van der Waals surface area contributed by atoms with Crippen molar-refractivity contribution in [2.75, 3.05) is 5.33 Å². The minimum atomic E-state index is -0.314. The summed E-state index contributed by atoms with van der Waals surface area (Å²) in [6, 6.07) is 10.2. The summed E-state index contributed by atoms with van der Waals surface area (Å²) in [5, 5.41) is 3.99. The maximum absolute atomic E-state index is 12.4. The fourth-order valence-corrected chi connectivity index (χ4v) is 3.76. The Kier molecular flexibility index (Phi) is 3.42. The number of fused-ring (bicyclic) bond motifs is 1. The molecule has 1 amide bonds. The van der Waals surface area contributed by atoms with E-state index in [0.717, 1.165) is 35.6 Å². The van der Waals surface area contributed by atoms with Crippen molar-refractivity contribution in [1.29, 1.82) is 0 Å². The second-order valence-electron chi connectivity index (χ2n) is 6.25. The number of amides is 1. The molecule has 2 aliphatic rings. The Balaban J connectivity index is 1.70. The molecule has 0 heterocycles. The number of alkyl halides is 1.